The molecular weight excluding hydrogens is 180 g/mol. The molecule has 0 amide bonds. The van der Waals surface area contributed by atoms with E-state index in [1.54, 1.807) is 0 Å². The average Bonchev–Trinajstić information content (AvgIpc) is 2.99. The molecule has 4 nitrogen and oxygen atoms in total. The van der Waals surface area contributed by atoms with E-state index in [0.717, 1.165) is 42.5 Å². The first-order chi connectivity index (χ1) is 6.90. The fourth-order valence-electron chi connectivity index (χ4n) is 1.98. The molecule has 74 valence electrons. The molecular formula is C10H12N2O2. The van der Waals surface area contributed by atoms with Gasteiger partial charge in [-0.05, 0) is 19.3 Å². The molecule has 0 bridgehead atoms. The summed E-state index contributed by atoms with van der Waals surface area (Å²) in [5, 5.41) is 4.44. The van der Waals surface area contributed by atoms with Crippen LogP contribution in [0.3, 0.4) is 0 Å². The van der Waals surface area contributed by atoms with Crippen LogP contribution in [0.4, 0.5) is 0 Å². The van der Waals surface area contributed by atoms with Gasteiger partial charge in [0.05, 0.1) is 24.9 Å². The van der Waals surface area contributed by atoms with Gasteiger partial charge in [-0.25, -0.2) is 0 Å². The van der Waals surface area contributed by atoms with Gasteiger partial charge in [-0.3, -0.25) is 9.48 Å². The average molecular weight is 192 g/mol. The summed E-state index contributed by atoms with van der Waals surface area (Å²) in [6, 6.07) is 0.473. The van der Waals surface area contributed by atoms with Gasteiger partial charge in [0.1, 0.15) is 5.69 Å². The van der Waals surface area contributed by atoms with Crippen LogP contribution >= 0.6 is 0 Å². The fourth-order valence-corrected chi connectivity index (χ4v) is 1.98. The summed E-state index contributed by atoms with van der Waals surface area (Å²) >= 11 is 0. The van der Waals surface area contributed by atoms with Gasteiger partial charge >= 0.3 is 0 Å². The summed E-state index contributed by atoms with van der Waals surface area (Å²) in [5.74, 6) is 0. The second kappa shape index (κ2) is 2.92. The van der Waals surface area contributed by atoms with Crippen LogP contribution in [0.5, 0.6) is 0 Å². The quantitative estimate of drug-likeness (QED) is 0.659. The summed E-state index contributed by atoms with van der Waals surface area (Å²) < 4.78 is 7.21. The molecule has 1 fully saturated rings. The van der Waals surface area contributed by atoms with Crippen molar-refractivity contribution in [3.05, 3.63) is 17.0 Å². The van der Waals surface area contributed by atoms with E-state index in [9.17, 15) is 4.79 Å². The molecule has 0 aromatic carbocycles. The van der Waals surface area contributed by atoms with Crippen molar-refractivity contribution in [2.75, 3.05) is 6.61 Å². The summed E-state index contributed by atoms with van der Waals surface area (Å²) in [5.41, 5.74) is 2.86. The molecule has 0 saturated heterocycles. The lowest BCUT2D eigenvalue weighted by Crippen LogP contribution is -2.09. The molecule has 0 radical (unpaired) electrons. The van der Waals surface area contributed by atoms with Crippen LogP contribution in [-0.2, 0) is 17.8 Å². The molecule has 1 aromatic rings. The highest BCUT2D eigenvalue weighted by molar-refractivity contribution is 5.75. The Hall–Kier alpha value is -1.16. The standard InChI is InChI=1S/C10H12N2O2/c13-5-10-8-3-4-14-6-9(8)11-12(10)7-1-2-7/h5,7H,1-4,6H2. The van der Waals surface area contributed by atoms with Crippen LogP contribution in [0.2, 0.25) is 0 Å². The van der Waals surface area contributed by atoms with E-state index in [0.29, 0.717) is 19.3 Å². The molecule has 0 spiro atoms. The minimum absolute atomic E-state index is 0.473. The van der Waals surface area contributed by atoms with Gasteiger partial charge in [0, 0.05) is 5.56 Å². The van der Waals surface area contributed by atoms with Gasteiger partial charge < -0.3 is 4.74 Å². The summed E-state index contributed by atoms with van der Waals surface area (Å²) in [4.78, 5) is 11.0. The molecule has 14 heavy (non-hydrogen) atoms. The Kier molecular flexibility index (Phi) is 1.70. The molecule has 1 aliphatic carbocycles. The maximum absolute atomic E-state index is 11.0. The van der Waals surface area contributed by atoms with Crippen LogP contribution < -0.4 is 0 Å². The first-order valence-electron chi connectivity index (χ1n) is 5.03. The molecule has 1 aliphatic heterocycles. The summed E-state index contributed by atoms with van der Waals surface area (Å²) in [6.45, 7) is 1.28. The number of rotatable bonds is 2. The zero-order chi connectivity index (χ0) is 9.54. The molecule has 0 unspecified atom stereocenters. The number of hydrogen-bond acceptors (Lipinski definition) is 3. The monoisotopic (exact) mass is 192 g/mol. The van der Waals surface area contributed by atoms with Crippen molar-refractivity contribution in [3.8, 4) is 0 Å². The highest BCUT2D eigenvalue weighted by Crippen LogP contribution is 2.36. The van der Waals surface area contributed by atoms with Crippen molar-refractivity contribution >= 4 is 6.29 Å². The number of fused-ring (bicyclic) bond motifs is 1. The minimum Gasteiger partial charge on any atom is -0.375 e. The van der Waals surface area contributed by atoms with Crippen molar-refractivity contribution in [1.29, 1.82) is 0 Å². The number of ether oxygens (including phenoxy) is 1. The molecule has 3 rings (SSSR count). The Balaban J connectivity index is 2.11. The third kappa shape index (κ3) is 1.10. The number of carbonyl (C=O) groups is 1. The number of aromatic nitrogens is 2. The Morgan fingerprint density at radius 1 is 1.50 bits per heavy atom. The molecule has 1 saturated carbocycles. The lowest BCUT2D eigenvalue weighted by molar-refractivity contribution is 0.106. The molecule has 0 atom stereocenters. The fraction of sp³-hybridized carbons (Fsp3) is 0.600. The predicted molar refractivity (Wildman–Crippen MR) is 49.2 cm³/mol. The largest absolute Gasteiger partial charge is 0.375 e. The molecule has 2 heterocycles. The van der Waals surface area contributed by atoms with E-state index in [1.165, 1.54) is 0 Å². The number of carbonyl (C=O) groups excluding carboxylic acids is 1. The highest BCUT2D eigenvalue weighted by atomic mass is 16.5. The first kappa shape index (κ1) is 8.17. The van der Waals surface area contributed by atoms with Crippen molar-refractivity contribution < 1.29 is 9.53 Å². The predicted octanol–water partition coefficient (Wildman–Crippen LogP) is 1.10. The lowest BCUT2D eigenvalue weighted by atomic mass is 10.1. The lowest BCUT2D eigenvalue weighted by Gasteiger charge is -2.09. The van der Waals surface area contributed by atoms with Crippen molar-refractivity contribution in [3.63, 3.8) is 0 Å². The van der Waals surface area contributed by atoms with Gasteiger partial charge in [0.2, 0.25) is 0 Å². The zero-order valence-corrected chi connectivity index (χ0v) is 7.90. The van der Waals surface area contributed by atoms with Crippen LogP contribution in [0.15, 0.2) is 0 Å². The first-order valence-corrected chi connectivity index (χ1v) is 5.03. The van der Waals surface area contributed by atoms with Gasteiger partial charge in [0.15, 0.2) is 6.29 Å². The van der Waals surface area contributed by atoms with E-state index in [1.807, 2.05) is 4.68 Å². The minimum atomic E-state index is 0.473. The van der Waals surface area contributed by atoms with Crippen LogP contribution in [0, 0.1) is 0 Å². The number of nitrogens with zero attached hydrogens (tertiary/aromatic N) is 2. The molecule has 1 aromatic heterocycles. The van der Waals surface area contributed by atoms with Gasteiger partial charge in [-0.1, -0.05) is 0 Å². The Bertz CT molecular complexity index is 380. The Morgan fingerprint density at radius 2 is 2.36 bits per heavy atom. The molecule has 0 N–H and O–H groups in total. The van der Waals surface area contributed by atoms with Gasteiger partial charge in [-0.15, -0.1) is 0 Å². The number of aldehydes is 1. The molecule has 4 heteroatoms. The zero-order valence-electron chi connectivity index (χ0n) is 7.90. The second-order valence-electron chi connectivity index (χ2n) is 3.91. The highest BCUT2D eigenvalue weighted by Gasteiger charge is 2.30. The van der Waals surface area contributed by atoms with Crippen molar-refractivity contribution in [2.45, 2.75) is 31.9 Å². The number of hydrogen-bond donors (Lipinski definition) is 0. The van der Waals surface area contributed by atoms with E-state index in [4.69, 9.17) is 4.74 Å². The smallest absolute Gasteiger partial charge is 0.168 e. The normalized spacial score (nSPS) is 20.6. The second-order valence-corrected chi connectivity index (χ2v) is 3.91. The topological polar surface area (TPSA) is 44.1 Å². The Morgan fingerprint density at radius 3 is 3.07 bits per heavy atom. The Labute approximate surface area is 81.9 Å². The van der Waals surface area contributed by atoms with Crippen molar-refractivity contribution in [2.24, 2.45) is 0 Å². The third-order valence-electron chi connectivity index (χ3n) is 2.87. The van der Waals surface area contributed by atoms with Gasteiger partial charge in [-0.2, -0.15) is 5.10 Å². The van der Waals surface area contributed by atoms with E-state index < -0.39 is 0 Å². The van der Waals surface area contributed by atoms with Crippen LogP contribution in [0.1, 0.15) is 40.6 Å². The van der Waals surface area contributed by atoms with Crippen LogP contribution in [0.25, 0.3) is 0 Å². The maximum Gasteiger partial charge on any atom is 0.168 e. The third-order valence-corrected chi connectivity index (χ3v) is 2.87. The van der Waals surface area contributed by atoms with E-state index in [-0.39, 0.29) is 0 Å². The van der Waals surface area contributed by atoms with E-state index >= 15 is 0 Å². The summed E-state index contributed by atoms with van der Waals surface area (Å²) in [6.07, 6.45) is 4.08. The van der Waals surface area contributed by atoms with Gasteiger partial charge in [0.25, 0.3) is 0 Å². The van der Waals surface area contributed by atoms with E-state index in [2.05, 4.69) is 5.10 Å². The maximum atomic E-state index is 11.0. The van der Waals surface area contributed by atoms with Crippen molar-refractivity contribution in [1.82, 2.24) is 9.78 Å². The SMILES string of the molecule is O=Cc1c2c(nn1C1CC1)COCC2. The molecule has 2 aliphatic rings. The van der Waals surface area contributed by atoms with Crippen LogP contribution in [-0.4, -0.2) is 22.7 Å². The summed E-state index contributed by atoms with van der Waals surface area (Å²) in [7, 11) is 0.